The first kappa shape index (κ1) is 15.8. The maximum Gasteiger partial charge on any atom is 0.0940 e. The summed E-state index contributed by atoms with van der Waals surface area (Å²) in [5.41, 5.74) is 0. The summed E-state index contributed by atoms with van der Waals surface area (Å²) in [5, 5.41) is 7.66. The van der Waals surface area contributed by atoms with E-state index in [1.807, 2.05) is 41.5 Å². The zero-order valence-electron chi connectivity index (χ0n) is 11.5. The molecule has 0 radical (unpaired) electrons. The van der Waals surface area contributed by atoms with Crippen molar-refractivity contribution in [3.8, 4) is 0 Å². The molecule has 1 N–H and O–H groups in total. The predicted molar refractivity (Wildman–Crippen MR) is 90.1 cm³/mol. The van der Waals surface area contributed by atoms with Gasteiger partial charge in [0.1, 0.15) is 0 Å². The van der Waals surface area contributed by atoms with Gasteiger partial charge in [0.2, 0.25) is 0 Å². The van der Waals surface area contributed by atoms with Crippen LogP contribution in [0.25, 0.3) is 0 Å². The van der Waals surface area contributed by atoms with Crippen LogP contribution in [0, 0.1) is 0 Å². The summed E-state index contributed by atoms with van der Waals surface area (Å²) in [6, 6.07) is 8.45. The number of hydrogen-bond donors (Lipinski definition) is 1. The summed E-state index contributed by atoms with van der Waals surface area (Å²) in [6.07, 6.45) is 4.00. The Bertz CT molecular complexity index is 502. The van der Waals surface area contributed by atoms with E-state index in [0.29, 0.717) is 6.04 Å². The molecule has 0 amide bonds. The van der Waals surface area contributed by atoms with Gasteiger partial charge in [-0.3, -0.25) is 0 Å². The molecule has 2 rings (SSSR count). The molecule has 1 unspecified atom stereocenters. The van der Waals surface area contributed by atoms with Crippen LogP contribution in [-0.4, -0.2) is 23.3 Å². The lowest BCUT2D eigenvalue weighted by Crippen LogP contribution is -2.34. The minimum Gasteiger partial charge on any atom is -0.313 e. The Morgan fingerprint density at radius 2 is 2.25 bits per heavy atom. The lowest BCUT2D eigenvalue weighted by atomic mass is 10.2. The van der Waals surface area contributed by atoms with Crippen molar-refractivity contribution in [1.29, 1.82) is 0 Å². The van der Waals surface area contributed by atoms with Gasteiger partial charge in [-0.2, -0.15) is 0 Å². The molecule has 0 saturated heterocycles. The Morgan fingerprint density at radius 3 is 2.95 bits per heavy atom. The highest BCUT2D eigenvalue weighted by molar-refractivity contribution is 7.99. The average molecular weight is 327 g/mol. The van der Waals surface area contributed by atoms with Gasteiger partial charge < -0.3 is 5.32 Å². The molecule has 108 valence electrons. The van der Waals surface area contributed by atoms with Crippen LogP contribution in [0.3, 0.4) is 0 Å². The normalized spacial score (nSPS) is 12.5. The standard InChI is InChI=1S/C15H19ClN2S2/c1-2-7-17-12(10-15-18-8-9-19-15)11-20-14-6-4-3-5-13(14)16/h3-6,8-9,12,17H,2,7,10-11H2,1H3. The molecular weight excluding hydrogens is 308 g/mol. The lowest BCUT2D eigenvalue weighted by molar-refractivity contribution is 0.549. The highest BCUT2D eigenvalue weighted by atomic mass is 35.5. The van der Waals surface area contributed by atoms with Gasteiger partial charge in [0.05, 0.1) is 10.0 Å². The third-order valence-electron chi connectivity index (χ3n) is 2.86. The fourth-order valence-corrected chi connectivity index (χ4v) is 3.85. The minimum atomic E-state index is 0.433. The van der Waals surface area contributed by atoms with E-state index in [-0.39, 0.29) is 0 Å². The van der Waals surface area contributed by atoms with Crippen LogP contribution >= 0.6 is 34.7 Å². The third-order valence-corrected chi connectivity index (χ3v) is 5.34. The molecule has 5 heteroatoms. The van der Waals surface area contributed by atoms with Crippen molar-refractivity contribution in [2.24, 2.45) is 0 Å². The summed E-state index contributed by atoms with van der Waals surface area (Å²) in [5.74, 6) is 1.00. The zero-order chi connectivity index (χ0) is 14.2. The van der Waals surface area contributed by atoms with Gasteiger partial charge in [0.25, 0.3) is 0 Å². The number of halogens is 1. The average Bonchev–Trinajstić information content (AvgIpc) is 2.96. The van der Waals surface area contributed by atoms with Crippen LogP contribution < -0.4 is 5.32 Å². The van der Waals surface area contributed by atoms with Crippen LogP contribution in [0.5, 0.6) is 0 Å². The summed E-state index contributed by atoms with van der Waals surface area (Å²) >= 11 is 9.74. The van der Waals surface area contributed by atoms with Crippen LogP contribution in [0.2, 0.25) is 5.02 Å². The van der Waals surface area contributed by atoms with E-state index in [0.717, 1.165) is 35.1 Å². The van der Waals surface area contributed by atoms with Gasteiger partial charge >= 0.3 is 0 Å². The fraction of sp³-hybridized carbons (Fsp3) is 0.400. The number of benzene rings is 1. The molecule has 0 fully saturated rings. The van der Waals surface area contributed by atoms with Crippen molar-refractivity contribution in [3.63, 3.8) is 0 Å². The summed E-state index contributed by atoms with van der Waals surface area (Å²) in [6.45, 7) is 3.23. The van der Waals surface area contributed by atoms with Crippen LogP contribution in [0.1, 0.15) is 18.4 Å². The van der Waals surface area contributed by atoms with Crippen molar-refractivity contribution in [3.05, 3.63) is 45.9 Å². The van der Waals surface area contributed by atoms with Gasteiger partial charge in [-0.25, -0.2) is 4.98 Å². The van der Waals surface area contributed by atoms with Crippen LogP contribution in [0.4, 0.5) is 0 Å². The Morgan fingerprint density at radius 1 is 1.40 bits per heavy atom. The molecule has 2 nitrogen and oxygen atoms in total. The molecule has 0 aliphatic carbocycles. The van der Waals surface area contributed by atoms with E-state index >= 15 is 0 Å². The Kier molecular flexibility index (Phi) is 6.87. The third kappa shape index (κ3) is 5.09. The van der Waals surface area contributed by atoms with Crippen molar-refractivity contribution >= 4 is 34.7 Å². The number of nitrogens with zero attached hydrogens (tertiary/aromatic N) is 1. The quantitative estimate of drug-likeness (QED) is 0.723. The van der Waals surface area contributed by atoms with Crippen LogP contribution in [0.15, 0.2) is 40.7 Å². The molecular formula is C15H19ClN2S2. The molecule has 0 saturated carbocycles. The van der Waals surface area contributed by atoms with Gasteiger partial charge in [0, 0.05) is 34.7 Å². The molecule has 1 atom stereocenters. The second-order valence-corrected chi connectivity index (χ2v) is 6.97. The molecule has 0 aliphatic rings. The van der Waals surface area contributed by atoms with Crippen molar-refractivity contribution in [2.45, 2.75) is 30.7 Å². The minimum absolute atomic E-state index is 0.433. The topological polar surface area (TPSA) is 24.9 Å². The largest absolute Gasteiger partial charge is 0.313 e. The summed E-state index contributed by atoms with van der Waals surface area (Å²) in [7, 11) is 0. The second-order valence-electron chi connectivity index (χ2n) is 4.52. The molecule has 2 aromatic rings. The lowest BCUT2D eigenvalue weighted by Gasteiger charge is -2.17. The SMILES string of the molecule is CCCNC(CSc1ccccc1Cl)Cc1nccs1. The van der Waals surface area contributed by atoms with Gasteiger partial charge in [-0.05, 0) is 25.1 Å². The predicted octanol–water partition coefficient (Wildman–Crippen LogP) is 4.50. The summed E-state index contributed by atoms with van der Waals surface area (Å²) < 4.78 is 0. The zero-order valence-corrected chi connectivity index (χ0v) is 13.9. The van der Waals surface area contributed by atoms with Gasteiger partial charge in [0.15, 0.2) is 0 Å². The molecule has 20 heavy (non-hydrogen) atoms. The maximum atomic E-state index is 6.20. The number of aromatic nitrogens is 1. The van der Waals surface area contributed by atoms with Gasteiger partial charge in [-0.15, -0.1) is 23.1 Å². The monoisotopic (exact) mass is 326 g/mol. The smallest absolute Gasteiger partial charge is 0.0940 e. The molecule has 1 heterocycles. The number of thiazole rings is 1. The first-order chi connectivity index (χ1) is 9.79. The first-order valence-corrected chi connectivity index (χ1v) is 9.03. The van der Waals surface area contributed by atoms with E-state index in [4.69, 9.17) is 11.6 Å². The number of thioether (sulfide) groups is 1. The van der Waals surface area contributed by atoms with E-state index in [9.17, 15) is 0 Å². The first-order valence-electron chi connectivity index (χ1n) is 6.78. The van der Waals surface area contributed by atoms with Crippen molar-refractivity contribution in [1.82, 2.24) is 10.3 Å². The van der Waals surface area contributed by atoms with E-state index in [2.05, 4.69) is 23.3 Å². The fourth-order valence-electron chi connectivity index (χ4n) is 1.86. The molecule has 0 bridgehead atoms. The maximum absolute atomic E-state index is 6.20. The van der Waals surface area contributed by atoms with E-state index in [1.54, 1.807) is 11.3 Å². The summed E-state index contributed by atoms with van der Waals surface area (Å²) in [4.78, 5) is 5.53. The van der Waals surface area contributed by atoms with Crippen molar-refractivity contribution < 1.29 is 0 Å². The Balaban J connectivity index is 1.91. The highest BCUT2D eigenvalue weighted by Crippen LogP contribution is 2.27. The number of nitrogens with one attached hydrogen (secondary N) is 1. The molecule has 0 spiro atoms. The Hall–Kier alpha value is -0.550. The van der Waals surface area contributed by atoms with Crippen molar-refractivity contribution in [2.75, 3.05) is 12.3 Å². The molecule has 0 aliphatic heterocycles. The van der Waals surface area contributed by atoms with E-state index < -0.39 is 0 Å². The van der Waals surface area contributed by atoms with E-state index in [1.165, 1.54) is 5.01 Å². The second kappa shape index (κ2) is 8.67. The van der Waals surface area contributed by atoms with Gasteiger partial charge in [-0.1, -0.05) is 30.7 Å². The number of rotatable bonds is 8. The number of hydrogen-bond acceptors (Lipinski definition) is 4. The molecule has 1 aromatic heterocycles. The molecule has 1 aromatic carbocycles. The van der Waals surface area contributed by atoms with Crippen LogP contribution in [-0.2, 0) is 6.42 Å². The Labute approximate surface area is 134 Å². The highest BCUT2D eigenvalue weighted by Gasteiger charge is 2.12.